The van der Waals surface area contributed by atoms with Crippen LogP contribution in [0.4, 0.5) is 10.8 Å². The molecule has 0 bridgehead atoms. The number of furan rings is 1. The Balaban J connectivity index is 1.67. The smallest absolute Gasteiger partial charge is 0.295 e. The Labute approximate surface area is 198 Å². The first kappa shape index (κ1) is 23.2. The predicted molar refractivity (Wildman–Crippen MR) is 126 cm³/mol. The van der Waals surface area contributed by atoms with Crippen molar-refractivity contribution in [3.63, 3.8) is 0 Å². The average Bonchev–Trinajstić information content (AvgIpc) is 3.33. The monoisotopic (exact) mass is 525 g/mol. The lowest BCUT2D eigenvalue weighted by atomic mass is 10.3. The van der Waals surface area contributed by atoms with E-state index in [0.29, 0.717) is 11.0 Å². The highest BCUT2D eigenvalue weighted by atomic mass is 35.5. The van der Waals surface area contributed by atoms with Crippen molar-refractivity contribution in [2.45, 2.75) is 22.7 Å². The van der Waals surface area contributed by atoms with E-state index in [1.165, 1.54) is 36.6 Å². The molecule has 0 aliphatic heterocycles. The molecule has 2 N–H and O–H groups in total. The number of aromatic nitrogens is 1. The molecule has 13 heteroatoms. The summed E-state index contributed by atoms with van der Waals surface area (Å²) in [5.41, 5.74) is 0.348. The third kappa shape index (κ3) is 5.19. The van der Waals surface area contributed by atoms with Gasteiger partial charge in [-0.2, -0.15) is 8.42 Å². The second kappa shape index (κ2) is 8.78. The van der Waals surface area contributed by atoms with Crippen molar-refractivity contribution in [3.8, 4) is 0 Å². The van der Waals surface area contributed by atoms with Crippen LogP contribution in [0.25, 0.3) is 11.0 Å². The number of para-hydroxylation sites is 1. The largest absolute Gasteiger partial charge is 0.443 e. The Morgan fingerprint density at radius 3 is 2.61 bits per heavy atom. The first-order valence-corrected chi connectivity index (χ1v) is 13.7. The van der Waals surface area contributed by atoms with E-state index >= 15 is 0 Å². The summed E-state index contributed by atoms with van der Waals surface area (Å²) in [6.07, 6.45) is 0. The zero-order valence-electron chi connectivity index (χ0n) is 16.9. The van der Waals surface area contributed by atoms with Crippen LogP contribution in [0.1, 0.15) is 12.6 Å². The lowest BCUT2D eigenvalue weighted by Crippen LogP contribution is -2.16. The molecule has 0 aliphatic carbocycles. The van der Waals surface area contributed by atoms with Gasteiger partial charge in [0.05, 0.1) is 22.0 Å². The van der Waals surface area contributed by atoms with Gasteiger partial charge < -0.3 is 9.73 Å². The van der Waals surface area contributed by atoms with Crippen LogP contribution in [0.5, 0.6) is 0 Å². The van der Waals surface area contributed by atoms with Crippen molar-refractivity contribution in [1.29, 1.82) is 0 Å². The molecule has 0 fully saturated rings. The first-order valence-electron chi connectivity index (χ1n) is 9.29. The van der Waals surface area contributed by atoms with Gasteiger partial charge in [0.25, 0.3) is 10.0 Å². The van der Waals surface area contributed by atoms with Gasteiger partial charge in [-0.25, -0.2) is 13.4 Å². The number of hydrogen-bond acceptors (Lipinski definition) is 8. The quantitative estimate of drug-likeness (QED) is 0.367. The molecule has 4 rings (SSSR count). The molecule has 2 heterocycles. The SMILES string of the molecule is CC(=O)Nc1nc(CS(=O)(=O)c2ccc(Cl)cc2NS(=O)(=O)c2cc3ccccc3o2)cs1. The summed E-state index contributed by atoms with van der Waals surface area (Å²) in [6.45, 7) is 1.31. The van der Waals surface area contributed by atoms with E-state index in [9.17, 15) is 21.6 Å². The van der Waals surface area contributed by atoms with Gasteiger partial charge in [0, 0.05) is 28.8 Å². The summed E-state index contributed by atoms with van der Waals surface area (Å²) in [5.74, 6) is -0.844. The first-order chi connectivity index (χ1) is 15.5. The molecule has 2 aromatic heterocycles. The maximum atomic E-state index is 13.1. The van der Waals surface area contributed by atoms with Crippen LogP contribution in [-0.4, -0.2) is 27.7 Å². The van der Waals surface area contributed by atoms with E-state index in [0.717, 1.165) is 11.3 Å². The molecule has 0 atom stereocenters. The summed E-state index contributed by atoms with van der Waals surface area (Å²) >= 11 is 7.09. The van der Waals surface area contributed by atoms with Crippen LogP contribution in [0.2, 0.25) is 5.02 Å². The summed E-state index contributed by atoms with van der Waals surface area (Å²) < 4.78 is 59.8. The minimum Gasteiger partial charge on any atom is -0.443 e. The number of hydrogen-bond donors (Lipinski definition) is 2. The average molecular weight is 526 g/mol. The summed E-state index contributed by atoms with van der Waals surface area (Å²) in [5, 5.41) is 4.59. The van der Waals surface area contributed by atoms with Crippen molar-refractivity contribution in [1.82, 2.24) is 4.98 Å². The van der Waals surface area contributed by atoms with Crippen LogP contribution < -0.4 is 10.0 Å². The molecule has 172 valence electrons. The third-order valence-electron chi connectivity index (χ3n) is 4.36. The number of sulfonamides is 1. The maximum absolute atomic E-state index is 13.1. The highest BCUT2D eigenvalue weighted by Gasteiger charge is 2.26. The Morgan fingerprint density at radius 2 is 1.88 bits per heavy atom. The molecule has 4 aromatic rings. The van der Waals surface area contributed by atoms with Gasteiger partial charge in [0.15, 0.2) is 15.0 Å². The van der Waals surface area contributed by atoms with Gasteiger partial charge in [-0.05, 0) is 24.3 Å². The second-order valence-electron chi connectivity index (χ2n) is 6.93. The normalized spacial score (nSPS) is 12.1. The van der Waals surface area contributed by atoms with Crippen LogP contribution >= 0.6 is 22.9 Å². The van der Waals surface area contributed by atoms with Gasteiger partial charge >= 0.3 is 0 Å². The van der Waals surface area contributed by atoms with E-state index in [4.69, 9.17) is 16.0 Å². The molecule has 0 aliphatic rings. The zero-order valence-corrected chi connectivity index (χ0v) is 20.1. The second-order valence-corrected chi connectivity index (χ2v) is 11.8. The Hall–Kier alpha value is -2.93. The van der Waals surface area contributed by atoms with Gasteiger partial charge in [-0.3, -0.25) is 9.52 Å². The van der Waals surface area contributed by atoms with Crippen molar-refractivity contribution < 1.29 is 26.0 Å². The van der Waals surface area contributed by atoms with Crippen LogP contribution in [0.15, 0.2) is 68.3 Å². The highest BCUT2D eigenvalue weighted by Crippen LogP contribution is 2.31. The topological polar surface area (TPSA) is 135 Å². The summed E-state index contributed by atoms with van der Waals surface area (Å²) in [4.78, 5) is 15.0. The van der Waals surface area contributed by atoms with Crippen LogP contribution in [-0.2, 0) is 30.4 Å². The lowest BCUT2D eigenvalue weighted by molar-refractivity contribution is -0.114. The lowest BCUT2D eigenvalue weighted by Gasteiger charge is -2.12. The summed E-state index contributed by atoms with van der Waals surface area (Å²) in [6, 6.07) is 11.9. The predicted octanol–water partition coefficient (Wildman–Crippen LogP) is 4.28. The molecule has 0 saturated carbocycles. The number of benzene rings is 2. The standard InChI is InChI=1S/C20H16ClN3O6S3/c1-12(25)22-20-23-15(10-31-20)11-32(26,27)18-7-6-14(21)9-16(18)24-33(28,29)19-8-13-4-2-3-5-17(13)30-19/h2-10,24H,11H2,1H3,(H,22,23,25). The van der Waals surface area contributed by atoms with E-state index in [2.05, 4.69) is 15.0 Å². The number of nitrogens with zero attached hydrogens (tertiary/aromatic N) is 1. The van der Waals surface area contributed by atoms with E-state index in [-0.39, 0.29) is 37.4 Å². The van der Waals surface area contributed by atoms with E-state index in [1.807, 2.05) is 0 Å². The van der Waals surface area contributed by atoms with Crippen molar-refractivity contribution in [3.05, 3.63) is 64.6 Å². The minimum absolute atomic E-state index is 0.137. The van der Waals surface area contributed by atoms with Gasteiger partial charge in [-0.1, -0.05) is 29.8 Å². The maximum Gasteiger partial charge on any atom is 0.295 e. The molecule has 33 heavy (non-hydrogen) atoms. The zero-order chi connectivity index (χ0) is 23.8. The molecular weight excluding hydrogens is 510 g/mol. The fourth-order valence-corrected chi connectivity index (χ4v) is 6.54. The van der Waals surface area contributed by atoms with Crippen LogP contribution in [0.3, 0.4) is 0 Å². The van der Waals surface area contributed by atoms with Crippen molar-refractivity contribution in [2.75, 3.05) is 10.0 Å². The number of carbonyl (C=O) groups is 1. The molecule has 1 amide bonds. The van der Waals surface area contributed by atoms with Crippen molar-refractivity contribution in [2.24, 2.45) is 0 Å². The van der Waals surface area contributed by atoms with Gasteiger partial charge in [-0.15, -0.1) is 11.3 Å². The Morgan fingerprint density at radius 1 is 1.12 bits per heavy atom. The summed E-state index contributed by atoms with van der Waals surface area (Å²) in [7, 11) is -8.30. The number of thiazole rings is 1. The number of rotatable bonds is 7. The molecule has 0 spiro atoms. The Bertz CT molecular complexity index is 1540. The molecular formula is C20H16ClN3O6S3. The minimum atomic E-state index is -4.26. The molecule has 9 nitrogen and oxygen atoms in total. The van der Waals surface area contributed by atoms with E-state index in [1.54, 1.807) is 24.3 Å². The Kier molecular flexibility index (Phi) is 6.18. The van der Waals surface area contributed by atoms with Gasteiger partial charge in [0.1, 0.15) is 5.58 Å². The van der Waals surface area contributed by atoms with E-state index < -0.39 is 25.6 Å². The number of anilines is 2. The number of carbonyl (C=O) groups excluding carboxylic acids is 1. The fraction of sp³-hybridized carbons (Fsp3) is 0.100. The van der Waals surface area contributed by atoms with Crippen LogP contribution in [0, 0.1) is 0 Å². The van der Waals surface area contributed by atoms with Gasteiger partial charge in [0.2, 0.25) is 11.0 Å². The number of amides is 1. The number of fused-ring (bicyclic) bond motifs is 1. The fourth-order valence-electron chi connectivity index (χ4n) is 2.99. The highest BCUT2D eigenvalue weighted by molar-refractivity contribution is 7.93. The molecule has 0 radical (unpaired) electrons. The molecule has 0 unspecified atom stereocenters. The molecule has 2 aromatic carbocycles. The van der Waals surface area contributed by atoms with Crippen molar-refractivity contribution >= 4 is 70.5 Å². The molecule has 0 saturated heterocycles. The number of nitrogens with one attached hydrogen (secondary N) is 2. The number of sulfone groups is 1. The third-order valence-corrected chi connectivity index (χ3v) is 8.32. The number of halogens is 1.